The Balaban J connectivity index is 1.94. The summed E-state index contributed by atoms with van der Waals surface area (Å²) in [5.74, 6) is 0.646. The third-order valence-electron chi connectivity index (χ3n) is 3.47. The summed E-state index contributed by atoms with van der Waals surface area (Å²) < 4.78 is 1.19. The van der Waals surface area contributed by atoms with Crippen LogP contribution < -0.4 is 5.32 Å². The lowest BCUT2D eigenvalue weighted by molar-refractivity contribution is 0.366. The summed E-state index contributed by atoms with van der Waals surface area (Å²) in [6, 6.07) is 9.42. The molecule has 2 atom stereocenters. The summed E-state index contributed by atoms with van der Waals surface area (Å²) in [5.41, 5.74) is 1.45. The first-order valence-corrected chi connectivity index (χ1v) is 7.04. The Bertz CT molecular complexity index is 331. The lowest BCUT2D eigenvalue weighted by Gasteiger charge is -2.26. The van der Waals surface area contributed by atoms with Crippen molar-refractivity contribution in [3.63, 3.8) is 0 Å². The number of rotatable bonds is 3. The quantitative estimate of drug-likeness (QED) is 0.880. The van der Waals surface area contributed by atoms with E-state index >= 15 is 0 Å². The minimum Gasteiger partial charge on any atom is -0.314 e. The average Bonchev–Trinajstić information content (AvgIpc) is 2.30. The van der Waals surface area contributed by atoms with Crippen molar-refractivity contribution in [1.82, 2.24) is 5.32 Å². The van der Waals surface area contributed by atoms with E-state index in [1.54, 1.807) is 0 Å². The fourth-order valence-corrected chi connectivity index (χ4v) is 2.92. The first kappa shape index (κ1) is 12.1. The number of nitrogens with one attached hydrogen (secondary N) is 1. The molecule has 1 nitrogen and oxygen atoms in total. The Morgan fingerprint density at radius 3 is 3.00 bits per heavy atom. The van der Waals surface area contributed by atoms with Crippen LogP contribution in [0.15, 0.2) is 28.7 Å². The van der Waals surface area contributed by atoms with E-state index in [0.29, 0.717) is 5.92 Å². The summed E-state index contributed by atoms with van der Waals surface area (Å²) in [4.78, 5) is 0. The van der Waals surface area contributed by atoms with Crippen LogP contribution in [0.2, 0.25) is 0 Å². The topological polar surface area (TPSA) is 12.0 Å². The Morgan fingerprint density at radius 1 is 1.44 bits per heavy atom. The maximum atomic E-state index is 3.62. The van der Waals surface area contributed by atoms with E-state index in [0.717, 1.165) is 6.04 Å². The summed E-state index contributed by atoms with van der Waals surface area (Å²) in [5, 5.41) is 3.62. The summed E-state index contributed by atoms with van der Waals surface area (Å²) in [6.07, 6.45) is 5.35. The molecule has 0 spiro atoms. The van der Waals surface area contributed by atoms with Crippen LogP contribution in [0.25, 0.3) is 0 Å². The normalized spacial score (nSPS) is 23.0. The van der Waals surface area contributed by atoms with Crippen molar-refractivity contribution in [1.29, 1.82) is 0 Å². The van der Waals surface area contributed by atoms with Gasteiger partial charge in [0.05, 0.1) is 0 Å². The molecule has 0 amide bonds. The van der Waals surface area contributed by atoms with Gasteiger partial charge in [0.1, 0.15) is 0 Å². The number of piperidine rings is 1. The van der Waals surface area contributed by atoms with Crippen molar-refractivity contribution < 1.29 is 0 Å². The smallest absolute Gasteiger partial charge is 0.0178 e. The van der Waals surface area contributed by atoms with E-state index in [9.17, 15) is 0 Å². The molecular formula is C14H20BrN. The van der Waals surface area contributed by atoms with Gasteiger partial charge in [0, 0.05) is 10.5 Å². The van der Waals surface area contributed by atoms with E-state index in [2.05, 4.69) is 52.4 Å². The van der Waals surface area contributed by atoms with Crippen molar-refractivity contribution in [3.05, 3.63) is 34.3 Å². The second-order valence-electron chi connectivity index (χ2n) is 4.84. The van der Waals surface area contributed by atoms with E-state index in [1.165, 1.54) is 42.3 Å². The zero-order valence-corrected chi connectivity index (χ0v) is 11.5. The molecule has 1 aliphatic heterocycles. The van der Waals surface area contributed by atoms with Crippen LogP contribution in [-0.2, 0) is 0 Å². The molecule has 2 heteroatoms. The minimum absolute atomic E-state index is 0.646. The summed E-state index contributed by atoms with van der Waals surface area (Å²) in [6.45, 7) is 3.54. The fraction of sp³-hybridized carbons (Fsp3) is 0.571. The van der Waals surface area contributed by atoms with Gasteiger partial charge in [0.25, 0.3) is 0 Å². The first-order chi connectivity index (χ1) is 7.75. The van der Waals surface area contributed by atoms with Gasteiger partial charge in [-0.3, -0.25) is 0 Å². The van der Waals surface area contributed by atoms with Crippen molar-refractivity contribution in [2.75, 3.05) is 6.54 Å². The van der Waals surface area contributed by atoms with Crippen LogP contribution in [0.5, 0.6) is 0 Å². The number of hydrogen-bond donors (Lipinski definition) is 1. The van der Waals surface area contributed by atoms with Crippen LogP contribution in [0.4, 0.5) is 0 Å². The Hall–Kier alpha value is -0.340. The predicted octanol–water partition coefficient (Wildman–Crippen LogP) is 4.08. The molecule has 0 aliphatic carbocycles. The number of halogens is 1. The maximum Gasteiger partial charge on any atom is 0.0178 e. The van der Waals surface area contributed by atoms with E-state index in [-0.39, 0.29) is 0 Å². The van der Waals surface area contributed by atoms with Crippen LogP contribution in [0, 0.1) is 0 Å². The van der Waals surface area contributed by atoms with Crippen molar-refractivity contribution in [2.45, 2.75) is 44.6 Å². The second-order valence-corrected chi connectivity index (χ2v) is 5.75. The highest BCUT2D eigenvalue weighted by Gasteiger charge is 2.16. The monoisotopic (exact) mass is 281 g/mol. The predicted molar refractivity (Wildman–Crippen MR) is 72.8 cm³/mol. The van der Waals surface area contributed by atoms with Gasteiger partial charge in [-0.1, -0.05) is 41.4 Å². The van der Waals surface area contributed by atoms with Gasteiger partial charge >= 0.3 is 0 Å². The van der Waals surface area contributed by atoms with Crippen LogP contribution >= 0.6 is 15.9 Å². The van der Waals surface area contributed by atoms with Crippen molar-refractivity contribution in [3.8, 4) is 0 Å². The van der Waals surface area contributed by atoms with Gasteiger partial charge < -0.3 is 5.32 Å². The van der Waals surface area contributed by atoms with E-state index < -0.39 is 0 Å². The molecule has 88 valence electrons. The molecule has 1 aromatic rings. The molecule has 0 saturated carbocycles. The molecule has 2 unspecified atom stereocenters. The number of benzene rings is 1. The van der Waals surface area contributed by atoms with Crippen LogP contribution in [0.3, 0.4) is 0 Å². The van der Waals surface area contributed by atoms with Gasteiger partial charge in [0.15, 0.2) is 0 Å². The zero-order valence-electron chi connectivity index (χ0n) is 9.88. The number of hydrogen-bond acceptors (Lipinski definition) is 1. The fourth-order valence-electron chi connectivity index (χ4n) is 2.50. The second kappa shape index (κ2) is 5.83. The molecule has 16 heavy (non-hydrogen) atoms. The maximum absolute atomic E-state index is 3.62. The van der Waals surface area contributed by atoms with Crippen molar-refractivity contribution in [2.24, 2.45) is 0 Å². The molecule has 1 aliphatic rings. The Morgan fingerprint density at radius 2 is 2.31 bits per heavy atom. The van der Waals surface area contributed by atoms with Gasteiger partial charge in [-0.25, -0.2) is 0 Å². The highest BCUT2D eigenvalue weighted by Crippen LogP contribution is 2.25. The highest BCUT2D eigenvalue weighted by molar-refractivity contribution is 9.10. The van der Waals surface area contributed by atoms with Crippen LogP contribution in [0.1, 0.15) is 44.1 Å². The highest BCUT2D eigenvalue weighted by atomic mass is 79.9. The van der Waals surface area contributed by atoms with E-state index in [4.69, 9.17) is 0 Å². The van der Waals surface area contributed by atoms with E-state index in [1.807, 2.05) is 0 Å². The first-order valence-electron chi connectivity index (χ1n) is 6.24. The minimum atomic E-state index is 0.646. The largest absolute Gasteiger partial charge is 0.314 e. The SMILES string of the molecule is CC(CC1CCCCN1)c1cccc(Br)c1. The molecule has 2 rings (SSSR count). The molecule has 0 bridgehead atoms. The molecule has 1 saturated heterocycles. The summed E-state index contributed by atoms with van der Waals surface area (Å²) >= 11 is 3.54. The van der Waals surface area contributed by atoms with Crippen LogP contribution in [-0.4, -0.2) is 12.6 Å². The summed E-state index contributed by atoms with van der Waals surface area (Å²) in [7, 11) is 0. The molecule has 1 heterocycles. The standard InChI is InChI=1S/C14H20BrN/c1-11(9-14-7-2-3-8-16-14)12-5-4-6-13(15)10-12/h4-6,10-11,14,16H,2-3,7-9H2,1H3. The Kier molecular flexibility index (Phi) is 4.42. The zero-order chi connectivity index (χ0) is 11.4. The third-order valence-corrected chi connectivity index (χ3v) is 3.96. The molecule has 1 aromatic carbocycles. The Labute approximate surface area is 107 Å². The van der Waals surface area contributed by atoms with Gasteiger partial charge in [0.2, 0.25) is 0 Å². The van der Waals surface area contributed by atoms with Crippen molar-refractivity contribution >= 4 is 15.9 Å². The van der Waals surface area contributed by atoms with Gasteiger partial charge in [-0.2, -0.15) is 0 Å². The molecule has 0 radical (unpaired) electrons. The van der Waals surface area contributed by atoms with Gasteiger partial charge in [-0.15, -0.1) is 0 Å². The molecule has 1 fully saturated rings. The lowest BCUT2D eigenvalue weighted by atomic mass is 9.90. The molecular weight excluding hydrogens is 262 g/mol. The third kappa shape index (κ3) is 3.33. The van der Waals surface area contributed by atoms with Gasteiger partial charge in [-0.05, 0) is 49.4 Å². The average molecular weight is 282 g/mol. The lowest BCUT2D eigenvalue weighted by Crippen LogP contribution is -2.34. The molecule has 1 N–H and O–H groups in total. The molecule has 0 aromatic heterocycles.